The van der Waals surface area contributed by atoms with Crippen molar-refractivity contribution in [3.63, 3.8) is 0 Å². The maximum Gasteiger partial charge on any atom is 0.343 e. The van der Waals surface area contributed by atoms with Crippen molar-refractivity contribution in [2.45, 2.75) is 6.92 Å². The molecule has 0 fully saturated rings. The van der Waals surface area contributed by atoms with Crippen LogP contribution >= 0.6 is 23.2 Å². The summed E-state index contributed by atoms with van der Waals surface area (Å²) < 4.78 is 11.2. The molecule has 0 saturated carbocycles. The smallest absolute Gasteiger partial charge is 0.343 e. The zero-order chi connectivity index (χ0) is 19.0. The molecule has 0 saturated heterocycles. The molecule has 3 aromatic rings. The average molecular weight is 397 g/mol. The highest BCUT2D eigenvalue weighted by atomic mass is 35.5. The summed E-state index contributed by atoms with van der Waals surface area (Å²) in [6.07, 6.45) is 3.36. The molecule has 0 spiro atoms. The molecule has 1 aliphatic heterocycles. The van der Waals surface area contributed by atoms with Crippen LogP contribution in [0.4, 0.5) is 0 Å². The lowest BCUT2D eigenvalue weighted by Gasteiger charge is -2.01. The molecular weight excluding hydrogens is 383 g/mol. The van der Waals surface area contributed by atoms with Gasteiger partial charge >= 0.3 is 5.97 Å². The molecule has 0 amide bonds. The number of halogens is 2. The van der Waals surface area contributed by atoms with Crippen LogP contribution in [0.5, 0.6) is 0 Å². The Kier molecular flexibility index (Phi) is 4.65. The minimum Gasteiger partial charge on any atom is -0.457 e. The van der Waals surface area contributed by atoms with E-state index in [1.165, 1.54) is 0 Å². The SMILES string of the molecule is Cc1ccc(C2=C/C(=C/c3ccc(-c4ccc(Cl)cc4Cl)o3)C(=O)O2)cc1. The Morgan fingerprint density at radius 3 is 2.48 bits per heavy atom. The molecular formula is C22H14Cl2O3. The molecule has 134 valence electrons. The number of carbonyl (C=O) groups excluding carboxylic acids is 1. The summed E-state index contributed by atoms with van der Waals surface area (Å²) >= 11 is 12.2. The number of furan rings is 1. The number of cyclic esters (lactones) is 1. The zero-order valence-corrected chi connectivity index (χ0v) is 15.8. The highest BCUT2D eigenvalue weighted by Gasteiger charge is 2.22. The second-order valence-corrected chi connectivity index (χ2v) is 7.03. The Hall–Kier alpha value is -2.75. The van der Waals surface area contributed by atoms with E-state index in [1.54, 1.807) is 42.5 Å². The van der Waals surface area contributed by atoms with Crippen LogP contribution in [0.25, 0.3) is 23.2 Å². The van der Waals surface area contributed by atoms with E-state index in [0.29, 0.717) is 32.9 Å². The van der Waals surface area contributed by atoms with Crippen LogP contribution in [-0.4, -0.2) is 5.97 Å². The Balaban J connectivity index is 1.63. The fraction of sp³-hybridized carbons (Fsp3) is 0.0455. The number of hydrogen-bond acceptors (Lipinski definition) is 3. The van der Waals surface area contributed by atoms with Crippen LogP contribution in [0.2, 0.25) is 10.0 Å². The zero-order valence-electron chi connectivity index (χ0n) is 14.3. The summed E-state index contributed by atoms with van der Waals surface area (Å²) in [5.41, 5.74) is 3.15. The minimum atomic E-state index is -0.409. The highest BCUT2D eigenvalue weighted by Crippen LogP contribution is 2.33. The van der Waals surface area contributed by atoms with E-state index in [2.05, 4.69) is 0 Å². The standard InChI is InChI=1S/C22H14Cl2O3/c1-13-2-4-14(5-3-13)21-11-15(22(25)27-21)10-17-7-9-20(26-17)18-8-6-16(23)12-19(18)24/h2-12H,1H3/b15-10-. The van der Waals surface area contributed by atoms with E-state index < -0.39 is 5.97 Å². The van der Waals surface area contributed by atoms with Gasteiger partial charge in [-0.3, -0.25) is 0 Å². The summed E-state index contributed by atoms with van der Waals surface area (Å²) in [7, 11) is 0. The number of esters is 1. The number of ether oxygens (including phenoxy) is 1. The first kappa shape index (κ1) is 17.7. The van der Waals surface area contributed by atoms with Gasteiger partial charge in [-0.25, -0.2) is 4.79 Å². The molecule has 2 aromatic carbocycles. The maximum absolute atomic E-state index is 12.2. The molecule has 2 heterocycles. The Morgan fingerprint density at radius 2 is 1.74 bits per heavy atom. The number of hydrogen-bond donors (Lipinski definition) is 0. The first-order chi connectivity index (χ1) is 13.0. The van der Waals surface area contributed by atoms with Gasteiger partial charge in [0, 0.05) is 16.1 Å². The number of carbonyl (C=O) groups is 1. The number of rotatable bonds is 3. The molecule has 0 aliphatic carbocycles. The van der Waals surface area contributed by atoms with Gasteiger partial charge in [0.1, 0.15) is 17.3 Å². The quantitative estimate of drug-likeness (QED) is 0.372. The topological polar surface area (TPSA) is 39.4 Å². The molecule has 4 rings (SSSR count). The molecule has 5 heteroatoms. The van der Waals surface area contributed by atoms with Gasteiger partial charge in [0.2, 0.25) is 0 Å². The lowest BCUT2D eigenvalue weighted by atomic mass is 10.1. The van der Waals surface area contributed by atoms with E-state index >= 15 is 0 Å². The van der Waals surface area contributed by atoms with E-state index in [-0.39, 0.29) is 0 Å². The highest BCUT2D eigenvalue weighted by molar-refractivity contribution is 6.36. The molecule has 0 N–H and O–H groups in total. The first-order valence-electron chi connectivity index (χ1n) is 8.27. The van der Waals surface area contributed by atoms with Crippen molar-refractivity contribution >= 4 is 41.0 Å². The Labute approximate surface area is 166 Å². The monoisotopic (exact) mass is 396 g/mol. The molecule has 3 nitrogen and oxygen atoms in total. The van der Waals surface area contributed by atoms with Crippen molar-refractivity contribution in [2.24, 2.45) is 0 Å². The molecule has 0 atom stereocenters. The van der Waals surface area contributed by atoms with Crippen molar-refractivity contribution in [1.29, 1.82) is 0 Å². The molecule has 0 bridgehead atoms. The van der Waals surface area contributed by atoms with E-state index in [0.717, 1.165) is 16.7 Å². The van der Waals surface area contributed by atoms with Crippen molar-refractivity contribution < 1.29 is 13.9 Å². The second-order valence-electron chi connectivity index (χ2n) is 6.19. The first-order valence-corrected chi connectivity index (χ1v) is 9.03. The van der Waals surface area contributed by atoms with Gasteiger partial charge in [0.05, 0.1) is 10.6 Å². The van der Waals surface area contributed by atoms with E-state index in [9.17, 15) is 4.79 Å². The van der Waals surface area contributed by atoms with Crippen molar-refractivity contribution in [2.75, 3.05) is 0 Å². The summed E-state index contributed by atoms with van der Waals surface area (Å²) in [5, 5.41) is 1.05. The Morgan fingerprint density at radius 1 is 0.963 bits per heavy atom. The summed E-state index contributed by atoms with van der Waals surface area (Å²) in [6.45, 7) is 2.01. The molecule has 27 heavy (non-hydrogen) atoms. The summed E-state index contributed by atoms with van der Waals surface area (Å²) in [5.74, 6) is 1.24. The van der Waals surface area contributed by atoms with Crippen molar-refractivity contribution in [1.82, 2.24) is 0 Å². The third kappa shape index (κ3) is 3.70. The van der Waals surface area contributed by atoms with Gasteiger partial charge in [0.15, 0.2) is 0 Å². The lowest BCUT2D eigenvalue weighted by molar-refractivity contribution is -0.130. The predicted octanol–water partition coefficient (Wildman–Crippen LogP) is 6.54. The van der Waals surface area contributed by atoms with Crippen LogP contribution in [0.3, 0.4) is 0 Å². The van der Waals surface area contributed by atoms with Gasteiger partial charge in [-0.15, -0.1) is 0 Å². The van der Waals surface area contributed by atoms with Crippen LogP contribution in [-0.2, 0) is 9.53 Å². The predicted molar refractivity (Wildman–Crippen MR) is 107 cm³/mol. The van der Waals surface area contributed by atoms with E-state index in [4.69, 9.17) is 32.4 Å². The second kappa shape index (κ2) is 7.10. The van der Waals surface area contributed by atoms with Gasteiger partial charge in [-0.2, -0.15) is 0 Å². The van der Waals surface area contributed by atoms with Crippen molar-refractivity contribution in [3.8, 4) is 11.3 Å². The maximum atomic E-state index is 12.2. The van der Waals surface area contributed by atoms with Gasteiger partial charge in [-0.05, 0) is 49.4 Å². The molecule has 1 aromatic heterocycles. The molecule has 0 radical (unpaired) electrons. The average Bonchev–Trinajstić information content (AvgIpc) is 3.23. The molecule has 0 unspecified atom stereocenters. The number of aryl methyl sites for hydroxylation is 1. The third-order valence-corrected chi connectivity index (χ3v) is 4.73. The van der Waals surface area contributed by atoms with Gasteiger partial charge < -0.3 is 9.15 Å². The van der Waals surface area contributed by atoms with E-state index in [1.807, 2.05) is 31.2 Å². The van der Waals surface area contributed by atoms with Gasteiger partial charge in [0.25, 0.3) is 0 Å². The normalized spacial score (nSPS) is 15.1. The fourth-order valence-corrected chi connectivity index (χ4v) is 3.27. The number of benzene rings is 2. The van der Waals surface area contributed by atoms with Crippen LogP contribution in [0.1, 0.15) is 16.9 Å². The summed E-state index contributed by atoms with van der Waals surface area (Å²) in [4.78, 5) is 12.2. The molecule has 1 aliphatic rings. The van der Waals surface area contributed by atoms with Crippen LogP contribution in [0.15, 0.2) is 70.7 Å². The minimum absolute atomic E-state index is 0.409. The summed E-state index contributed by atoms with van der Waals surface area (Å²) in [6, 6.07) is 16.6. The third-order valence-electron chi connectivity index (χ3n) is 4.18. The lowest BCUT2D eigenvalue weighted by Crippen LogP contribution is -1.96. The Bertz CT molecular complexity index is 1090. The van der Waals surface area contributed by atoms with Crippen molar-refractivity contribution in [3.05, 3.63) is 93.2 Å². The fourth-order valence-electron chi connectivity index (χ4n) is 2.77. The van der Waals surface area contributed by atoms with Crippen LogP contribution < -0.4 is 0 Å². The van der Waals surface area contributed by atoms with Gasteiger partial charge in [-0.1, -0.05) is 53.0 Å². The van der Waals surface area contributed by atoms with Crippen LogP contribution in [0, 0.1) is 6.92 Å². The largest absolute Gasteiger partial charge is 0.457 e.